The Kier molecular flexibility index (Phi) is 5.68. The predicted molar refractivity (Wildman–Crippen MR) is 82.5 cm³/mol. The van der Waals surface area contributed by atoms with Crippen LogP contribution in [0, 0.1) is 5.92 Å². The zero-order valence-corrected chi connectivity index (χ0v) is 12.8. The van der Waals surface area contributed by atoms with Crippen molar-refractivity contribution in [1.82, 2.24) is 4.90 Å². The molecule has 1 aromatic rings. The van der Waals surface area contributed by atoms with Gasteiger partial charge < -0.3 is 19.7 Å². The number of hydrogen-bond donors (Lipinski definition) is 1. The van der Waals surface area contributed by atoms with Crippen molar-refractivity contribution in [3.8, 4) is 5.75 Å². The first-order valence-corrected chi connectivity index (χ1v) is 7.37. The Bertz CT molecular complexity index is 403. The molecule has 1 aliphatic rings. The second-order valence-electron chi connectivity index (χ2n) is 5.74. The fourth-order valence-electron chi connectivity index (χ4n) is 2.35. The third-order valence-electron chi connectivity index (χ3n) is 3.71. The first-order valence-electron chi connectivity index (χ1n) is 7.37. The maximum Gasteiger partial charge on any atom is 0.121 e. The zero-order chi connectivity index (χ0) is 14.4. The molecule has 1 aliphatic heterocycles. The summed E-state index contributed by atoms with van der Waals surface area (Å²) in [7, 11) is 4.10. The summed E-state index contributed by atoms with van der Waals surface area (Å²) in [6, 6.07) is 8.62. The lowest BCUT2D eigenvalue weighted by atomic mass is 10.0. The molecule has 0 amide bonds. The molecule has 1 N–H and O–H groups in total. The Balaban J connectivity index is 1.85. The summed E-state index contributed by atoms with van der Waals surface area (Å²) in [5.41, 5.74) is 1.12. The Hall–Kier alpha value is -1.26. The summed E-state index contributed by atoms with van der Waals surface area (Å²) in [5, 5.41) is 3.55. The van der Waals surface area contributed by atoms with Gasteiger partial charge in [-0.05, 0) is 39.6 Å². The van der Waals surface area contributed by atoms with Crippen molar-refractivity contribution in [3.05, 3.63) is 24.3 Å². The Morgan fingerprint density at radius 1 is 1.45 bits per heavy atom. The monoisotopic (exact) mass is 278 g/mol. The van der Waals surface area contributed by atoms with Crippen molar-refractivity contribution in [2.75, 3.05) is 45.8 Å². The van der Waals surface area contributed by atoms with E-state index in [0.717, 1.165) is 37.6 Å². The summed E-state index contributed by atoms with van der Waals surface area (Å²) in [6.07, 6.45) is 1.15. The van der Waals surface area contributed by atoms with Gasteiger partial charge in [0.15, 0.2) is 0 Å². The second-order valence-corrected chi connectivity index (χ2v) is 5.74. The normalized spacial score (nSPS) is 20.1. The molecule has 0 aromatic heterocycles. The largest absolute Gasteiger partial charge is 0.492 e. The Labute approximate surface area is 122 Å². The van der Waals surface area contributed by atoms with Crippen molar-refractivity contribution in [1.29, 1.82) is 0 Å². The van der Waals surface area contributed by atoms with Crippen LogP contribution in [0.3, 0.4) is 0 Å². The molecular weight excluding hydrogens is 252 g/mol. The summed E-state index contributed by atoms with van der Waals surface area (Å²) < 4.78 is 11.2. The minimum absolute atomic E-state index is 0.425. The summed E-state index contributed by atoms with van der Waals surface area (Å²) >= 11 is 0. The van der Waals surface area contributed by atoms with E-state index in [1.54, 1.807) is 0 Å². The molecule has 2 unspecified atom stereocenters. The maximum absolute atomic E-state index is 5.76. The highest BCUT2D eigenvalue weighted by Gasteiger charge is 2.22. The SMILES string of the molecule is CC(Nc1cccc(OCCN(C)C)c1)C1CCOC1. The van der Waals surface area contributed by atoms with Crippen LogP contribution in [-0.4, -0.2) is 51.4 Å². The average molecular weight is 278 g/mol. The molecule has 4 heteroatoms. The minimum Gasteiger partial charge on any atom is -0.492 e. The molecule has 0 aliphatic carbocycles. The first-order chi connectivity index (χ1) is 9.65. The standard InChI is InChI=1S/C16H26N2O2/c1-13(14-7-9-19-12-14)17-15-5-4-6-16(11-15)20-10-8-18(2)3/h4-6,11,13-14,17H,7-10,12H2,1-3H3. The summed E-state index contributed by atoms with van der Waals surface area (Å²) in [4.78, 5) is 2.12. The highest BCUT2D eigenvalue weighted by atomic mass is 16.5. The van der Waals surface area contributed by atoms with Crippen LogP contribution in [0.2, 0.25) is 0 Å². The van der Waals surface area contributed by atoms with Gasteiger partial charge in [-0.25, -0.2) is 0 Å². The van der Waals surface area contributed by atoms with E-state index in [0.29, 0.717) is 18.6 Å². The molecule has 1 aromatic carbocycles. The van der Waals surface area contributed by atoms with Crippen LogP contribution in [0.25, 0.3) is 0 Å². The van der Waals surface area contributed by atoms with Crippen LogP contribution < -0.4 is 10.1 Å². The van der Waals surface area contributed by atoms with Gasteiger partial charge in [-0.1, -0.05) is 6.07 Å². The molecular formula is C16H26N2O2. The molecule has 1 saturated heterocycles. The molecule has 0 radical (unpaired) electrons. The third-order valence-corrected chi connectivity index (χ3v) is 3.71. The number of benzene rings is 1. The van der Waals surface area contributed by atoms with Crippen LogP contribution in [-0.2, 0) is 4.74 Å². The molecule has 0 saturated carbocycles. The van der Waals surface area contributed by atoms with E-state index < -0.39 is 0 Å². The van der Waals surface area contributed by atoms with Gasteiger partial charge in [0.2, 0.25) is 0 Å². The van der Waals surface area contributed by atoms with Gasteiger partial charge in [-0.15, -0.1) is 0 Å². The zero-order valence-electron chi connectivity index (χ0n) is 12.8. The number of likely N-dealkylation sites (N-methyl/N-ethyl adjacent to an activating group) is 1. The molecule has 20 heavy (non-hydrogen) atoms. The highest BCUT2D eigenvalue weighted by molar-refractivity contribution is 5.48. The van der Waals surface area contributed by atoms with Crippen molar-refractivity contribution in [2.24, 2.45) is 5.92 Å². The maximum atomic E-state index is 5.76. The van der Waals surface area contributed by atoms with E-state index in [4.69, 9.17) is 9.47 Å². The highest BCUT2D eigenvalue weighted by Crippen LogP contribution is 2.22. The molecule has 2 atom stereocenters. The predicted octanol–water partition coefficient (Wildman–Crippen LogP) is 2.46. The fraction of sp³-hybridized carbons (Fsp3) is 0.625. The van der Waals surface area contributed by atoms with Gasteiger partial charge >= 0.3 is 0 Å². The molecule has 0 spiro atoms. The smallest absolute Gasteiger partial charge is 0.121 e. The minimum atomic E-state index is 0.425. The Morgan fingerprint density at radius 2 is 2.30 bits per heavy atom. The average Bonchev–Trinajstić information content (AvgIpc) is 2.92. The first kappa shape index (κ1) is 15.1. The van der Waals surface area contributed by atoms with E-state index >= 15 is 0 Å². The number of nitrogens with zero attached hydrogens (tertiary/aromatic N) is 1. The van der Waals surface area contributed by atoms with Gasteiger partial charge in [-0.2, -0.15) is 0 Å². The van der Waals surface area contributed by atoms with E-state index in [2.05, 4.69) is 29.3 Å². The molecule has 0 bridgehead atoms. The molecule has 1 heterocycles. The lowest BCUT2D eigenvalue weighted by Crippen LogP contribution is -2.26. The van der Waals surface area contributed by atoms with Crippen LogP contribution in [0.15, 0.2) is 24.3 Å². The fourth-order valence-corrected chi connectivity index (χ4v) is 2.35. The van der Waals surface area contributed by atoms with E-state index in [1.165, 1.54) is 0 Å². The number of nitrogens with one attached hydrogen (secondary N) is 1. The van der Waals surface area contributed by atoms with Gasteiger partial charge in [0.1, 0.15) is 12.4 Å². The number of rotatable bonds is 7. The van der Waals surface area contributed by atoms with Crippen LogP contribution in [0.4, 0.5) is 5.69 Å². The van der Waals surface area contributed by atoms with Crippen molar-refractivity contribution < 1.29 is 9.47 Å². The number of ether oxygens (including phenoxy) is 2. The summed E-state index contributed by atoms with van der Waals surface area (Å²) in [6.45, 7) is 5.62. The van der Waals surface area contributed by atoms with E-state index in [-0.39, 0.29) is 0 Å². The quantitative estimate of drug-likeness (QED) is 0.831. The van der Waals surface area contributed by atoms with Crippen LogP contribution in [0.5, 0.6) is 5.75 Å². The van der Waals surface area contributed by atoms with Gasteiger partial charge in [0, 0.05) is 36.9 Å². The molecule has 112 valence electrons. The number of anilines is 1. The van der Waals surface area contributed by atoms with Gasteiger partial charge in [-0.3, -0.25) is 0 Å². The molecule has 2 rings (SSSR count). The third kappa shape index (κ3) is 4.69. The van der Waals surface area contributed by atoms with Crippen molar-refractivity contribution in [3.63, 3.8) is 0 Å². The molecule has 1 fully saturated rings. The van der Waals surface area contributed by atoms with Gasteiger partial charge in [0.25, 0.3) is 0 Å². The topological polar surface area (TPSA) is 33.7 Å². The van der Waals surface area contributed by atoms with E-state index in [9.17, 15) is 0 Å². The van der Waals surface area contributed by atoms with Gasteiger partial charge in [0.05, 0.1) is 6.61 Å². The lowest BCUT2D eigenvalue weighted by molar-refractivity contribution is 0.183. The van der Waals surface area contributed by atoms with Crippen LogP contribution in [0.1, 0.15) is 13.3 Å². The van der Waals surface area contributed by atoms with E-state index in [1.807, 2.05) is 26.2 Å². The van der Waals surface area contributed by atoms with Crippen molar-refractivity contribution in [2.45, 2.75) is 19.4 Å². The summed E-state index contributed by atoms with van der Waals surface area (Å²) in [5.74, 6) is 1.53. The number of hydrogen-bond acceptors (Lipinski definition) is 4. The Morgan fingerprint density at radius 3 is 3.00 bits per heavy atom. The lowest BCUT2D eigenvalue weighted by Gasteiger charge is -2.21. The van der Waals surface area contributed by atoms with Crippen molar-refractivity contribution >= 4 is 5.69 Å². The molecule has 4 nitrogen and oxygen atoms in total. The van der Waals surface area contributed by atoms with Crippen LogP contribution >= 0.6 is 0 Å². The second kappa shape index (κ2) is 7.50.